The maximum atomic E-state index is 12.4. The molecule has 0 bridgehead atoms. The van der Waals surface area contributed by atoms with Crippen LogP contribution in [0.2, 0.25) is 0 Å². The summed E-state index contributed by atoms with van der Waals surface area (Å²) in [6, 6.07) is 0.212. The minimum atomic E-state index is 0.136. The lowest BCUT2D eigenvalue weighted by Crippen LogP contribution is -2.44. The largest absolute Gasteiger partial charge is 0.339 e. The standard InChI is InChI=1S/C16H27NO2/c1-3-12(2)11-16(19)17-10-6-8-14(17)13-7-4-5-9-15(13)18/h12-14H,3-11H2,1-2H3. The highest BCUT2D eigenvalue weighted by molar-refractivity contribution is 5.84. The third-order valence-corrected chi connectivity index (χ3v) is 4.91. The molecule has 0 radical (unpaired) electrons. The molecule has 1 saturated heterocycles. The summed E-state index contributed by atoms with van der Waals surface area (Å²) in [5.41, 5.74) is 0. The van der Waals surface area contributed by atoms with Crippen molar-refractivity contribution in [1.29, 1.82) is 0 Å². The van der Waals surface area contributed by atoms with Gasteiger partial charge in [-0.15, -0.1) is 0 Å². The van der Waals surface area contributed by atoms with Crippen LogP contribution in [0.15, 0.2) is 0 Å². The zero-order valence-electron chi connectivity index (χ0n) is 12.4. The molecule has 0 N–H and O–H groups in total. The molecule has 2 rings (SSSR count). The molecule has 2 fully saturated rings. The predicted octanol–water partition coefficient (Wildman–Crippen LogP) is 3.17. The van der Waals surface area contributed by atoms with Crippen molar-refractivity contribution in [2.24, 2.45) is 11.8 Å². The first-order chi connectivity index (χ1) is 9.13. The predicted molar refractivity (Wildman–Crippen MR) is 75.8 cm³/mol. The van der Waals surface area contributed by atoms with Gasteiger partial charge in [-0.05, 0) is 31.6 Å². The molecule has 1 amide bonds. The lowest BCUT2D eigenvalue weighted by Gasteiger charge is -2.33. The Morgan fingerprint density at radius 1 is 1.32 bits per heavy atom. The number of rotatable bonds is 4. The number of carbonyl (C=O) groups excluding carboxylic acids is 2. The van der Waals surface area contributed by atoms with Gasteiger partial charge in [0.05, 0.1) is 0 Å². The van der Waals surface area contributed by atoms with E-state index >= 15 is 0 Å². The summed E-state index contributed by atoms with van der Waals surface area (Å²) in [6.07, 6.45) is 7.72. The first kappa shape index (κ1) is 14.5. The van der Waals surface area contributed by atoms with E-state index < -0.39 is 0 Å². The molecule has 108 valence electrons. The zero-order chi connectivity index (χ0) is 13.8. The molecule has 1 saturated carbocycles. The van der Waals surface area contributed by atoms with E-state index in [2.05, 4.69) is 13.8 Å². The number of amides is 1. The molecule has 1 aliphatic carbocycles. The molecule has 3 atom stereocenters. The van der Waals surface area contributed by atoms with Crippen LogP contribution >= 0.6 is 0 Å². The maximum absolute atomic E-state index is 12.4. The third kappa shape index (κ3) is 3.37. The number of nitrogens with zero attached hydrogens (tertiary/aromatic N) is 1. The molecule has 2 aliphatic rings. The molecule has 3 unspecified atom stereocenters. The Kier molecular flexibility index (Phi) is 5.00. The Labute approximate surface area is 116 Å². The van der Waals surface area contributed by atoms with Crippen molar-refractivity contribution in [3.05, 3.63) is 0 Å². The van der Waals surface area contributed by atoms with Crippen LogP contribution in [0.25, 0.3) is 0 Å². The summed E-state index contributed by atoms with van der Waals surface area (Å²) in [7, 11) is 0. The van der Waals surface area contributed by atoms with Gasteiger partial charge < -0.3 is 4.90 Å². The number of hydrogen-bond acceptors (Lipinski definition) is 2. The van der Waals surface area contributed by atoms with Crippen LogP contribution in [0.1, 0.15) is 65.2 Å². The molecule has 19 heavy (non-hydrogen) atoms. The van der Waals surface area contributed by atoms with E-state index in [9.17, 15) is 9.59 Å². The number of ketones is 1. The Bertz CT molecular complexity index is 340. The molecule has 1 heterocycles. The van der Waals surface area contributed by atoms with Gasteiger partial charge in [0, 0.05) is 31.3 Å². The third-order valence-electron chi connectivity index (χ3n) is 4.91. The minimum absolute atomic E-state index is 0.136. The second-order valence-electron chi connectivity index (χ2n) is 6.33. The first-order valence-electron chi connectivity index (χ1n) is 7.95. The van der Waals surface area contributed by atoms with Gasteiger partial charge in [-0.1, -0.05) is 26.7 Å². The summed E-state index contributed by atoms with van der Waals surface area (Å²) in [4.78, 5) is 26.5. The Morgan fingerprint density at radius 3 is 2.79 bits per heavy atom. The van der Waals surface area contributed by atoms with E-state index in [1.54, 1.807) is 0 Å². The Balaban J connectivity index is 1.99. The van der Waals surface area contributed by atoms with E-state index in [4.69, 9.17) is 0 Å². The topological polar surface area (TPSA) is 37.4 Å². The average molecular weight is 265 g/mol. The van der Waals surface area contributed by atoms with Crippen molar-refractivity contribution in [3.8, 4) is 0 Å². The average Bonchev–Trinajstić information content (AvgIpc) is 2.88. The smallest absolute Gasteiger partial charge is 0.223 e. The summed E-state index contributed by atoms with van der Waals surface area (Å²) < 4.78 is 0. The fraction of sp³-hybridized carbons (Fsp3) is 0.875. The number of carbonyl (C=O) groups is 2. The Morgan fingerprint density at radius 2 is 2.11 bits per heavy atom. The van der Waals surface area contributed by atoms with Gasteiger partial charge in [0.2, 0.25) is 5.91 Å². The lowest BCUT2D eigenvalue weighted by molar-refractivity contribution is -0.136. The normalized spacial score (nSPS) is 29.6. The van der Waals surface area contributed by atoms with E-state index in [-0.39, 0.29) is 17.9 Å². The van der Waals surface area contributed by atoms with E-state index in [0.29, 0.717) is 18.1 Å². The summed E-state index contributed by atoms with van der Waals surface area (Å²) in [6.45, 7) is 5.13. The molecule has 1 aliphatic heterocycles. The van der Waals surface area contributed by atoms with Crippen LogP contribution in [-0.2, 0) is 9.59 Å². The maximum Gasteiger partial charge on any atom is 0.223 e. The van der Waals surface area contributed by atoms with Gasteiger partial charge in [-0.25, -0.2) is 0 Å². The van der Waals surface area contributed by atoms with Crippen LogP contribution in [0, 0.1) is 11.8 Å². The van der Waals surface area contributed by atoms with E-state index in [1.165, 1.54) is 0 Å². The van der Waals surface area contributed by atoms with Crippen molar-refractivity contribution in [1.82, 2.24) is 4.90 Å². The number of likely N-dealkylation sites (tertiary alicyclic amines) is 1. The minimum Gasteiger partial charge on any atom is -0.339 e. The summed E-state index contributed by atoms with van der Waals surface area (Å²) in [5.74, 6) is 1.27. The van der Waals surface area contributed by atoms with Crippen LogP contribution < -0.4 is 0 Å². The van der Waals surface area contributed by atoms with Crippen molar-refractivity contribution >= 4 is 11.7 Å². The summed E-state index contributed by atoms with van der Waals surface area (Å²) in [5, 5.41) is 0. The molecular formula is C16H27NO2. The van der Waals surface area contributed by atoms with Crippen molar-refractivity contribution in [3.63, 3.8) is 0 Å². The first-order valence-corrected chi connectivity index (χ1v) is 7.95. The molecule has 3 nitrogen and oxygen atoms in total. The highest BCUT2D eigenvalue weighted by Crippen LogP contribution is 2.33. The quantitative estimate of drug-likeness (QED) is 0.783. The van der Waals surface area contributed by atoms with Gasteiger partial charge in [0.25, 0.3) is 0 Å². The molecule has 0 aromatic rings. The number of hydrogen-bond donors (Lipinski definition) is 0. The highest BCUT2D eigenvalue weighted by Gasteiger charge is 2.38. The van der Waals surface area contributed by atoms with Crippen molar-refractivity contribution in [2.75, 3.05) is 6.54 Å². The molecule has 0 spiro atoms. The van der Waals surface area contributed by atoms with Gasteiger partial charge in [-0.2, -0.15) is 0 Å². The molecule has 0 aromatic heterocycles. The van der Waals surface area contributed by atoms with E-state index in [0.717, 1.165) is 51.5 Å². The zero-order valence-corrected chi connectivity index (χ0v) is 12.4. The van der Waals surface area contributed by atoms with Crippen molar-refractivity contribution < 1.29 is 9.59 Å². The molecular weight excluding hydrogens is 238 g/mol. The second-order valence-corrected chi connectivity index (χ2v) is 6.33. The monoisotopic (exact) mass is 265 g/mol. The number of Topliss-reactive ketones (excluding diaryl/α,β-unsaturated/α-hetero) is 1. The second kappa shape index (κ2) is 6.53. The molecule has 0 aromatic carbocycles. The van der Waals surface area contributed by atoms with Gasteiger partial charge >= 0.3 is 0 Å². The SMILES string of the molecule is CCC(C)CC(=O)N1CCCC1C1CCCCC1=O. The fourth-order valence-electron chi connectivity index (χ4n) is 3.50. The fourth-order valence-corrected chi connectivity index (χ4v) is 3.50. The Hall–Kier alpha value is -0.860. The van der Waals surface area contributed by atoms with Gasteiger partial charge in [-0.3, -0.25) is 9.59 Å². The highest BCUT2D eigenvalue weighted by atomic mass is 16.2. The van der Waals surface area contributed by atoms with Crippen molar-refractivity contribution in [2.45, 2.75) is 71.3 Å². The van der Waals surface area contributed by atoms with E-state index in [1.807, 2.05) is 4.90 Å². The van der Waals surface area contributed by atoms with Crippen LogP contribution in [0.3, 0.4) is 0 Å². The van der Waals surface area contributed by atoms with Gasteiger partial charge in [0.15, 0.2) is 0 Å². The van der Waals surface area contributed by atoms with Crippen LogP contribution in [-0.4, -0.2) is 29.2 Å². The van der Waals surface area contributed by atoms with Gasteiger partial charge in [0.1, 0.15) is 5.78 Å². The van der Waals surface area contributed by atoms with Crippen LogP contribution in [0.5, 0.6) is 0 Å². The summed E-state index contributed by atoms with van der Waals surface area (Å²) >= 11 is 0. The lowest BCUT2D eigenvalue weighted by atomic mass is 9.81. The molecule has 3 heteroatoms. The van der Waals surface area contributed by atoms with Crippen LogP contribution in [0.4, 0.5) is 0 Å².